The third kappa shape index (κ3) is 19.7. The second kappa shape index (κ2) is 23.1. The first kappa shape index (κ1) is 34.9. The Kier molecular flexibility index (Phi) is 21.8. The highest BCUT2D eigenvalue weighted by Crippen LogP contribution is 2.17. The third-order valence-electron chi connectivity index (χ3n) is 4.70. The van der Waals surface area contributed by atoms with E-state index in [-0.39, 0.29) is 58.8 Å². The molecule has 0 aromatic carbocycles. The molecule has 0 spiro atoms. The van der Waals surface area contributed by atoms with Crippen molar-refractivity contribution >= 4 is 26.8 Å². The summed E-state index contributed by atoms with van der Waals surface area (Å²) >= 11 is 0. The predicted octanol–water partition coefficient (Wildman–Crippen LogP) is 1.47. The van der Waals surface area contributed by atoms with Crippen molar-refractivity contribution in [3.63, 3.8) is 0 Å². The molecule has 0 atom stereocenters. The molecule has 14 heteroatoms. The molecule has 13 nitrogen and oxygen atoms in total. The van der Waals surface area contributed by atoms with Crippen molar-refractivity contribution in [2.75, 3.05) is 87.3 Å². The maximum atomic E-state index is 11.7. The number of alkyl carbamates (subject to hydrolysis) is 1. The topological polar surface area (TPSA) is 146 Å². The van der Waals surface area contributed by atoms with Gasteiger partial charge in [0, 0.05) is 45.9 Å². The summed E-state index contributed by atoms with van der Waals surface area (Å²) in [6.07, 6.45) is 1.11. The van der Waals surface area contributed by atoms with Gasteiger partial charge in [-0.25, -0.2) is 9.59 Å². The van der Waals surface area contributed by atoms with Crippen LogP contribution in [0.5, 0.6) is 0 Å². The summed E-state index contributed by atoms with van der Waals surface area (Å²) in [5.41, 5.74) is 0.323. The van der Waals surface area contributed by atoms with Crippen molar-refractivity contribution in [1.29, 1.82) is 0 Å². The zero-order chi connectivity index (χ0) is 27.8. The van der Waals surface area contributed by atoms with Crippen molar-refractivity contribution in [2.45, 2.75) is 32.2 Å². The van der Waals surface area contributed by atoms with E-state index in [1.165, 1.54) is 0 Å². The van der Waals surface area contributed by atoms with Gasteiger partial charge < -0.3 is 47.0 Å². The first-order chi connectivity index (χ1) is 17.8. The number of rotatable bonds is 24. The van der Waals surface area contributed by atoms with E-state index in [1.807, 2.05) is 0 Å². The standard InChI is InChI=1S/C23H43NO12Si/c1-20(2)22(26)35-17-14-31-10-9-24-23(27)36-18-15-33-12-11-32-13-16-34-21(25)8-6-7-19-37(28-3,29-4)30-5/h1,6-19H2,2-5H3,(H,24,27). The number of ether oxygens (including phenoxy) is 6. The van der Waals surface area contributed by atoms with E-state index < -0.39 is 20.9 Å². The highest BCUT2D eigenvalue weighted by Gasteiger charge is 2.36. The van der Waals surface area contributed by atoms with Crippen LogP contribution in [0.3, 0.4) is 0 Å². The van der Waals surface area contributed by atoms with Gasteiger partial charge in [-0.2, -0.15) is 0 Å². The monoisotopic (exact) mass is 553 g/mol. The van der Waals surface area contributed by atoms with Gasteiger partial charge in [-0.3, -0.25) is 4.79 Å². The molecule has 1 N–H and O–H groups in total. The Labute approximate surface area is 220 Å². The predicted molar refractivity (Wildman–Crippen MR) is 134 cm³/mol. The molecule has 0 saturated heterocycles. The van der Waals surface area contributed by atoms with Crippen LogP contribution in [0.4, 0.5) is 4.79 Å². The third-order valence-corrected chi connectivity index (χ3v) is 7.53. The smallest absolute Gasteiger partial charge is 0.463 e. The average Bonchev–Trinajstić information content (AvgIpc) is 2.89. The Morgan fingerprint density at radius 2 is 1.22 bits per heavy atom. The van der Waals surface area contributed by atoms with Crippen LogP contribution >= 0.6 is 0 Å². The van der Waals surface area contributed by atoms with E-state index in [9.17, 15) is 14.4 Å². The molecule has 37 heavy (non-hydrogen) atoms. The van der Waals surface area contributed by atoms with Crippen LogP contribution in [0, 0.1) is 0 Å². The maximum Gasteiger partial charge on any atom is 0.500 e. The molecule has 0 saturated carbocycles. The number of hydrogen-bond donors (Lipinski definition) is 1. The fourth-order valence-corrected chi connectivity index (χ4v) is 4.46. The van der Waals surface area contributed by atoms with Crippen LogP contribution in [0.15, 0.2) is 12.2 Å². The molecule has 0 heterocycles. The van der Waals surface area contributed by atoms with E-state index in [0.717, 1.165) is 6.42 Å². The van der Waals surface area contributed by atoms with E-state index in [4.69, 9.17) is 41.7 Å². The highest BCUT2D eigenvalue weighted by atomic mass is 28.4. The first-order valence-corrected chi connectivity index (χ1v) is 14.0. The first-order valence-electron chi connectivity index (χ1n) is 12.1. The van der Waals surface area contributed by atoms with Gasteiger partial charge in [0.05, 0.1) is 39.6 Å². The fourth-order valence-electron chi connectivity index (χ4n) is 2.66. The normalized spacial score (nSPS) is 11.1. The lowest BCUT2D eigenvalue weighted by molar-refractivity contribution is -0.145. The molecule has 0 aliphatic heterocycles. The van der Waals surface area contributed by atoms with Gasteiger partial charge in [-0.05, 0) is 19.8 Å². The largest absolute Gasteiger partial charge is 0.500 e. The summed E-state index contributed by atoms with van der Waals surface area (Å²) in [6, 6.07) is 0.634. The molecule has 0 unspecified atom stereocenters. The van der Waals surface area contributed by atoms with Crippen LogP contribution in [0.1, 0.15) is 26.2 Å². The second-order valence-electron chi connectivity index (χ2n) is 7.54. The quantitative estimate of drug-likeness (QED) is 0.0607. The highest BCUT2D eigenvalue weighted by molar-refractivity contribution is 6.60. The molecule has 0 aliphatic carbocycles. The van der Waals surface area contributed by atoms with Gasteiger partial charge in [0.25, 0.3) is 0 Å². The average molecular weight is 554 g/mol. The van der Waals surface area contributed by atoms with Gasteiger partial charge in [-0.1, -0.05) is 6.58 Å². The Balaban J connectivity index is 3.44. The number of nitrogens with one attached hydrogen (secondary N) is 1. The zero-order valence-corrected chi connectivity index (χ0v) is 23.5. The summed E-state index contributed by atoms with van der Waals surface area (Å²) < 4.78 is 46.8. The minimum Gasteiger partial charge on any atom is -0.463 e. The summed E-state index contributed by atoms with van der Waals surface area (Å²) in [7, 11) is 2.08. The molecule has 0 aromatic heterocycles. The minimum absolute atomic E-state index is 0.0872. The van der Waals surface area contributed by atoms with Gasteiger partial charge in [0.1, 0.15) is 19.8 Å². The van der Waals surface area contributed by atoms with E-state index in [2.05, 4.69) is 11.9 Å². The van der Waals surface area contributed by atoms with Gasteiger partial charge >= 0.3 is 26.8 Å². The van der Waals surface area contributed by atoms with Gasteiger partial charge in [0.2, 0.25) is 0 Å². The number of unbranched alkanes of at least 4 members (excludes halogenated alkanes) is 1. The molecule has 0 aromatic rings. The van der Waals surface area contributed by atoms with Crippen LogP contribution in [0.25, 0.3) is 0 Å². The van der Waals surface area contributed by atoms with Crippen LogP contribution < -0.4 is 5.32 Å². The van der Waals surface area contributed by atoms with E-state index in [0.29, 0.717) is 37.7 Å². The summed E-state index contributed by atoms with van der Waals surface area (Å²) in [5.74, 6) is -0.754. The summed E-state index contributed by atoms with van der Waals surface area (Å²) in [5, 5.41) is 2.52. The van der Waals surface area contributed by atoms with Crippen LogP contribution in [-0.2, 0) is 51.3 Å². The Hall–Kier alpha value is -2.07. The number of carbonyl (C=O) groups is 3. The van der Waals surface area contributed by atoms with Crippen LogP contribution in [-0.4, -0.2) is 114 Å². The summed E-state index contributed by atoms with van der Waals surface area (Å²) in [6.45, 7) is 7.24. The Morgan fingerprint density at radius 3 is 1.78 bits per heavy atom. The van der Waals surface area contributed by atoms with Crippen molar-refractivity contribution in [3.8, 4) is 0 Å². The fraction of sp³-hybridized carbons (Fsp3) is 0.783. The minimum atomic E-state index is -2.59. The number of amides is 1. The number of esters is 2. The molecule has 216 valence electrons. The molecule has 1 amide bonds. The summed E-state index contributed by atoms with van der Waals surface area (Å²) in [4.78, 5) is 34.4. The van der Waals surface area contributed by atoms with Crippen LogP contribution in [0.2, 0.25) is 6.04 Å². The lowest BCUT2D eigenvalue weighted by Gasteiger charge is -2.24. The van der Waals surface area contributed by atoms with Crippen molar-refractivity contribution in [1.82, 2.24) is 5.32 Å². The van der Waals surface area contributed by atoms with E-state index >= 15 is 0 Å². The lowest BCUT2D eigenvalue weighted by Crippen LogP contribution is -2.42. The molecule has 0 radical (unpaired) electrons. The van der Waals surface area contributed by atoms with Gasteiger partial charge in [0.15, 0.2) is 0 Å². The molecular weight excluding hydrogens is 510 g/mol. The van der Waals surface area contributed by atoms with Crippen molar-refractivity contribution in [2.24, 2.45) is 0 Å². The molecule has 0 rings (SSSR count). The lowest BCUT2D eigenvalue weighted by atomic mass is 10.2. The number of carbonyl (C=O) groups excluding carboxylic acids is 3. The molecule has 0 bridgehead atoms. The number of hydrogen-bond acceptors (Lipinski definition) is 12. The Morgan fingerprint density at radius 1 is 0.703 bits per heavy atom. The SMILES string of the molecule is C=C(C)C(=O)OCCOCCNC(=O)OCCOCCOCCOC(=O)CCCC[Si](OC)(OC)OC. The molecular formula is C23H43NO12Si. The van der Waals surface area contributed by atoms with Gasteiger partial charge in [-0.15, -0.1) is 0 Å². The second-order valence-corrected chi connectivity index (χ2v) is 10.6. The maximum absolute atomic E-state index is 11.7. The Bertz CT molecular complexity index is 637. The van der Waals surface area contributed by atoms with Crippen molar-refractivity contribution < 1.29 is 56.1 Å². The van der Waals surface area contributed by atoms with E-state index in [1.54, 1.807) is 28.3 Å². The molecule has 0 fully saturated rings. The van der Waals surface area contributed by atoms with Crippen molar-refractivity contribution in [3.05, 3.63) is 12.2 Å². The molecule has 0 aliphatic rings. The zero-order valence-electron chi connectivity index (χ0n) is 22.5.